The van der Waals surface area contributed by atoms with Crippen LogP contribution in [0.4, 0.5) is 5.69 Å². The number of nitrogens with zero attached hydrogens (tertiary/aromatic N) is 1. The van der Waals surface area contributed by atoms with Crippen molar-refractivity contribution >= 4 is 22.5 Å². The summed E-state index contributed by atoms with van der Waals surface area (Å²) in [6.45, 7) is 0.569. The molecule has 0 aliphatic carbocycles. The molecule has 2 aromatic heterocycles. The van der Waals surface area contributed by atoms with Gasteiger partial charge in [0.1, 0.15) is 0 Å². The summed E-state index contributed by atoms with van der Waals surface area (Å²) in [6.07, 6.45) is 6.00. The lowest BCUT2D eigenvalue weighted by atomic mass is 10.1. The van der Waals surface area contributed by atoms with Crippen molar-refractivity contribution in [1.82, 2.24) is 15.3 Å². The van der Waals surface area contributed by atoms with Crippen LogP contribution in [0, 0.1) is 0 Å². The van der Waals surface area contributed by atoms with Crippen LogP contribution in [-0.2, 0) is 6.42 Å². The average molecular weight is 280 g/mol. The standard InChI is InChI=1S/C16H16N4O/c17-12-3-4-15-13(8-12)14(10-20-15)16(21)19-7-5-11-2-1-6-18-9-11/h1-4,6,8-10,20H,5,7,17H2,(H,19,21). The van der Waals surface area contributed by atoms with E-state index in [-0.39, 0.29) is 5.91 Å². The molecule has 0 atom stereocenters. The van der Waals surface area contributed by atoms with Gasteiger partial charge in [-0.15, -0.1) is 0 Å². The van der Waals surface area contributed by atoms with Crippen LogP contribution in [0.3, 0.4) is 0 Å². The summed E-state index contributed by atoms with van der Waals surface area (Å²) < 4.78 is 0. The van der Waals surface area contributed by atoms with Gasteiger partial charge in [-0.3, -0.25) is 9.78 Å². The van der Waals surface area contributed by atoms with Gasteiger partial charge in [0.15, 0.2) is 0 Å². The lowest BCUT2D eigenvalue weighted by Crippen LogP contribution is -2.25. The molecule has 0 fully saturated rings. The summed E-state index contributed by atoms with van der Waals surface area (Å²) in [5.41, 5.74) is 9.04. The quantitative estimate of drug-likeness (QED) is 0.640. The maximum atomic E-state index is 12.2. The predicted octanol–water partition coefficient (Wildman–Crippen LogP) is 2.12. The third kappa shape index (κ3) is 2.86. The molecule has 0 saturated heterocycles. The third-order valence-electron chi connectivity index (χ3n) is 3.37. The van der Waals surface area contributed by atoms with Gasteiger partial charge in [-0.2, -0.15) is 0 Å². The molecule has 3 rings (SSSR count). The van der Waals surface area contributed by atoms with Crippen LogP contribution >= 0.6 is 0 Å². The molecule has 0 spiro atoms. The van der Waals surface area contributed by atoms with Gasteiger partial charge in [0.25, 0.3) is 5.91 Å². The number of anilines is 1. The molecule has 21 heavy (non-hydrogen) atoms. The zero-order valence-electron chi connectivity index (χ0n) is 11.5. The first kappa shape index (κ1) is 13.2. The number of pyridine rings is 1. The Morgan fingerprint density at radius 1 is 1.33 bits per heavy atom. The number of rotatable bonds is 4. The second-order valence-corrected chi connectivity index (χ2v) is 4.87. The fourth-order valence-corrected chi connectivity index (χ4v) is 2.29. The topological polar surface area (TPSA) is 83.8 Å². The Hall–Kier alpha value is -2.82. The second kappa shape index (κ2) is 5.66. The Balaban J connectivity index is 1.68. The highest BCUT2D eigenvalue weighted by Crippen LogP contribution is 2.20. The Labute approximate surface area is 122 Å². The summed E-state index contributed by atoms with van der Waals surface area (Å²) in [7, 11) is 0. The lowest BCUT2D eigenvalue weighted by Gasteiger charge is -2.04. The summed E-state index contributed by atoms with van der Waals surface area (Å²) >= 11 is 0. The Morgan fingerprint density at radius 2 is 2.24 bits per heavy atom. The summed E-state index contributed by atoms with van der Waals surface area (Å²) in [4.78, 5) is 19.4. The van der Waals surface area contributed by atoms with Crippen molar-refractivity contribution < 1.29 is 4.79 Å². The predicted molar refractivity (Wildman–Crippen MR) is 83.0 cm³/mol. The molecule has 0 bridgehead atoms. The zero-order chi connectivity index (χ0) is 14.7. The van der Waals surface area contributed by atoms with Crippen molar-refractivity contribution in [1.29, 1.82) is 0 Å². The highest BCUT2D eigenvalue weighted by atomic mass is 16.1. The van der Waals surface area contributed by atoms with E-state index >= 15 is 0 Å². The second-order valence-electron chi connectivity index (χ2n) is 4.87. The molecule has 0 aliphatic rings. The summed E-state index contributed by atoms with van der Waals surface area (Å²) in [5, 5.41) is 3.76. The smallest absolute Gasteiger partial charge is 0.253 e. The molecule has 5 heteroatoms. The largest absolute Gasteiger partial charge is 0.399 e. The molecule has 0 radical (unpaired) electrons. The number of nitrogens with two attached hydrogens (primary N) is 1. The minimum atomic E-state index is -0.101. The van der Waals surface area contributed by atoms with E-state index in [0.29, 0.717) is 17.8 Å². The van der Waals surface area contributed by atoms with Gasteiger partial charge >= 0.3 is 0 Å². The number of fused-ring (bicyclic) bond motifs is 1. The SMILES string of the molecule is Nc1ccc2[nH]cc(C(=O)NCCc3cccnc3)c2c1. The van der Waals surface area contributed by atoms with E-state index in [1.54, 1.807) is 18.6 Å². The van der Waals surface area contributed by atoms with Crippen LogP contribution in [0.25, 0.3) is 10.9 Å². The van der Waals surface area contributed by atoms with E-state index in [4.69, 9.17) is 5.73 Å². The molecule has 1 aromatic carbocycles. The van der Waals surface area contributed by atoms with Gasteiger partial charge in [0, 0.05) is 41.7 Å². The minimum Gasteiger partial charge on any atom is -0.399 e. The van der Waals surface area contributed by atoms with Gasteiger partial charge in [0.05, 0.1) is 5.56 Å². The van der Waals surface area contributed by atoms with Crippen molar-refractivity contribution in [2.24, 2.45) is 0 Å². The first-order valence-corrected chi connectivity index (χ1v) is 6.78. The van der Waals surface area contributed by atoms with Crippen molar-refractivity contribution in [2.45, 2.75) is 6.42 Å². The van der Waals surface area contributed by atoms with E-state index in [9.17, 15) is 4.79 Å². The minimum absolute atomic E-state index is 0.101. The fraction of sp³-hybridized carbons (Fsp3) is 0.125. The van der Waals surface area contributed by atoms with E-state index in [0.717, 1.165) is 22.9 Å². The van der Waals surface area contributed by atoms with Gasteiger partial charge in [-0.25, -0.2) is 0 Å². The van der Waals surface area contributed by atoms with Crippen LogP contribution < -0.4 is 11.1 Å². The fourth-order valence-electron chi connectivity index (χ4n) is 2.29. The molecule has 1 amide bonds. The number of carbonyl (C=O) groups excluding carboxylic acids is 1. The number of nitrogen functional groups attached to an aromatic ring is 1. The highest BCUT2D eigenvalue weighted by Gasteiger charge is 2.11. The molecule has 0 aliphatic heterocycles. The lowest BCUT2D eigenvalue weighted by molar-refractivity contribution is 0.0956. The van der Waals surface area contributed by atoms with Gasteiger partial charge in [0.2, 0.25) is 0 Å². The van der Waals surface area contributed by atoms with E-state index in [2.05, 4.69) is 15.3 Å². The van der Waals surface area contributed by atoms with Gasteiger partial charge < -0.3 is 16.0 Å². The number of aromatic amines is 1. The molecule has 0 unspecified atom stereocenters. The molecule has 106 valence electrons. The Kier molecular flexibility index (Phi) is 3.55. The maximum absolute atomic E-state index is 12.2. The zero-order valence-corrected chi connectivity index (χ0v) is 11.5. The van der Waals surface area contributed by atoms with Crippen molar-refractivity contribution in [3.63, 3.8) is 0 Å². The average Bonchev–Trinajstić information content (AvgIpc) is 2.91. The number of benzene rings is 1. The number of hydrogen-bond donors (Lipinski definition) is 3. The number of amides is 1. The van der Waals surface area contributed by atoms with Crippen molar-refractivity contribution in [3.8, 4) is 0 Å². The normalized spacial score (nSPS) is 10.7. The van der Waals surface area contributed by atoms with Crippen LogP contribution in [0.1, 0.15) is 15.9 Å². The highest BCUT2D eigenvalue weighted by molar-refractivity contribution is 6.07. The van der Waals surface area contributed by atoms with Gasteiger partial charge in [-0.1, -0.05) is 6.07 Å². The number of carbonyl (C=O) groups is 1. The van der Waals surface area contributed by atoms with E-state index < -0.39 is 0 Å². The van der Waals surface area contributed by atoms with Crippen molar-refractivity contribution in [3.05, 3.63) is 60.0 Å². The Bertz CT molecular complexity index is 764. The van der Waals surface area contributed by atoms with Crippen LogP contribution in [0.15, 0.2) is 48.9 Å². The monoisotopic (exact) mass is 280 g/mol. The van der Waals surface area contributed by atoms with Crippen LogP contribution in [0.5, 0.6) is 0 Å². The number of H-pyrrole nitrogens is 1. The van der Waals surface area contributed by atoms with Crippen molar-refractivity contribution in [2.75, 3.05) is 12.3 Å². The Morgan fingerprint density at radius 3 is 3.05 bits per heavy atom. The maximum Gasteiger partial charge on any atom is 0.253 e. The summed E-state index contributed by atoms with van der Waals surface area (Å²) in [6, 6.07) is 9.37. The molecule has 2 heterocycles. The van der Waals surface area contributed by atoms with E-state index in [1.807, 2.05) is 30.3 Å². The van der Waals surface area contributed by atoms with E-state index in [1.165, 1.54) is 0 Å². The number of hydrogen-bond acceptors (Lipinski definition) is 3. The van der Waals surface area contributed by atoms with Gasteiger partial charge in [-0.05, 0) is 36.2 Å². The first-order chi connectivity index (χ1) is 10.2. The number of nitrogens with one attached hydrogen (secondary N) is 2. The molecule has 3 aromatic rings. The molecular formula is C16H16N4O. The molecule has 0 saturated carbocycles. The van der Waals surface area contributed by atoms with Crippen LogP contribution in [0.2, 0.25) is 0 Å². The first-order valence-electron chi connectivity index (χ1n) is 6.78. The molecule has 4 N–H and O–H groups in total. The molecule has 5 nitrogen and oxygen atoms in total. The number of aromatic nitrogens is 2. The molecular weight excluding hydrogens is 264 g/mol. The van der Waals surface area contributed by atoms with Crippen LogP contribution in [-0.4, -0.2) is 22.4 Å². The third-order valence-corrected chi connectivity index (χ3v) is 3.37. The summed E-state index contributed by atoms with van der Waals surface area (Å²) in [5.74, 6) is -0.101.